The first-order valence-corrected chi connectivity index (χ1v) is 8.16. The minimum absolute atomic E-state index is 0.0538. The predicted octanol–water partition coefficient (Wildman–Crippen LogP) is 0.0645. The van der Waals surface area contributed by atoms with Crippen LogP contribution >= 0.6 is 0 Å². The number of rotatable bonds is 6. The van der Waals surface area contributed by atoms with Crippen LogP contribution in [-0.4, -0.2) is 59.4 Å². The van der Waals surface area contributed by atoms with Crippen molar-refractivity contribution >= 4 is 16.0 Å². The SMILES string of the molecule is Cn1ccc(S(=O)(=O)N(CCC(=O)O)C2CCOCC2)n1. The molecule has 1 N–H and O–H groups in total. The van der Waals surface area contributed by atoms with E-state index in [-0.39, 0.29) is 24.0 Å². The van der Waals surface area contributed by atoms with Gasteiger partial charge in [0.1, 0.15) is 0 Å². The Morgan fingerprint density at radius 2 is 2.19 bits per heavy atom. The molecule has 0 bridgehead atoms. The maximum Gasteiger partial charge on any atom is 0.304 e. The van der Waals surface area contributed by atoms with Gasteiger partial charge in [-0.25, -0.2) is 8.42 Å². The molecule has 0 radical (unpaired) electrons. The topological polar surface area (TPSA) is 102 Å². The van der Waals surface area contributed by atoms with Gasteiger partial charge in [0.25, 0.3) is 10.0 Å². The van der Waals surface area contributed by atoms with Gasteiger partial charge < -0.3 is 9.84 Å². The lowest BCUT2D eigenvalue weighted by Gasteiger charge is -2.32. The molecule has 21 heavy (non-hydrogen) atoms. The van der Waals surface area contributed by atoms with Crippen molar-refractivity contribution in [3.05, 3.63) is 12.3 Å². The van der Waals surface area contributed by atoms with Crippen molar-refractivity contribution in [3.8, 4) is 0 Å². The number of carbonyl (C=O) groups is 1. The third-order valence-corrected chi connectivity index (χ3v) is 5.25. The Morgan fingerprint density at radius 3 is 2.71 bits per heavy atom. The quantitative estimate of drug-likeness (QED) is 0.796. The average Bonchev–Trinajstić information content (AvgIpc) is 2.87. The first-order chi connectivity index (χ1) is 9.91. The second-order valence-corrected chi connectivity index (χ2v) is 6.77. The van der Waals surface area contributed by atoms with Gasteiger partial charge in [0, 0.05) is 39.0 Å². The summed E-state index contributed by atoms with van der Waals surface area (Å²) in [6.45, 7) is 0.900. The molecule has 2 rings (SSSR count). The molecule has 1 aromatic heterocycles. The molecule has 1 aromatic rings. The van der Waals surface area contributed by atoms with E-state index < -0.39 is 16.0 Å². The summed E-state index contributed by atoms with van der Waals surface area (Å²) in [5, 5.41) is 12.7. The van der Waals surface area contributed by atoms with E-state index in [9.17, 15) is 13.2 Å². The van der Waals surface area contributed by atoms with Crippen molar-refractivity contribution < 1.29 is 23.1 Å². The highest BCUT2D eigenvalue weighted by atomic mass is 32.2. The zero-order valence-electron chi connectivity index (χ0n) is 11.8. The number of aryl methyl sites for hydroxylation is 1. The molecule has 1 fully saturated rings. The van der Waals surface area contributed by atoms with Crippen molar-refractivity contribution in [1.29, 1.82) is 0 Å². The molecule has 1 aliphatic heterocycles. The minimum Gasteiger partial charge on any atom is -0.481 e. The maximum absolute atomic E-state index is 12.7. The monoisotopic (exact) mass is 317 g/mol. The fourth-order valence-corrected chi connectivity index (χ4v) is 3.97. The highest BCUT2D eigenvalue weighted by molar-refractivity contribution is 7.89. The van der Waals surface area contributed by atoms with Crippen molar-refractivity contribution in [2.24, 2.45) is 7.05 Å². The van der Waals surface area contributed by atoms with Crippen molar-refractivity contribution in [3.63, 3.8) is 0 Å². The smallest absolute Gasteiger partial charge is 0.304 e. The average molecular weight is 317 g/mol. The summed E-state index contributed by atoms with van der Waals surface area (Å²) >= 11 is 0. The Morgan fingerprint density at radius 1 is 1.52 bits per heavy atom. The Bertz CT molecular complexity index is 592. The van der Waals surface area contributed by atoms with Crippen LogP contribution in [0.15, 0.2) is 17.3 Å². The van der Waals surface area contributed by atoms with Gasteiger partial charge in [-0.05, 0) is 18.9 Å². The molecule has 8 nitrogen and oxygen atoms in total. The molecule has 0 aliphatic carbocycles. The van der Waals surface area contributed by atoms with Crippen LogP contribution in [0.4, 0.5) is 0 Å². The van der Waals surface area contributed by atoms with Gasteiger partial charge >= 0.3 is 5.97 Å². The van der Waals surface area contributed by atoms with Gasteiger partial charge in [0.2, 0.25) is 0 Å². The Kier molecular flexibility index (Phi) is 4.96. The first kappa shape index (κ1) is 15.9. The lowest BCUT2D eigenvalue weighted by molar-refractivity contribution is -0.137. The molecule has 1 saturated heterocycles. The lowest BCUT2D eigenvalue weighted by atomic mass is 10.1. The zero-order valence-corrected chi connectivity index (χ0v) is 12.6. The maximum atomic E-state index is 12.7. The number of nitrogens with zero attached hydrogens (tertiary/aromatic N) is 3. The summed E-state index contributed by atoms with van der Waals surface area (Å²) in [4.78, 5) is 10.8. The third kappa shape index (κ3) is 3.80. The van der Waals surface area contributed by atoms with Crippen molar-refractivity contribution in [1.82, 2.24) is 14.1 Å². The van der Waals surface area contributed by atoms with E-state index >= 15 is 0 Å². The fourth-order valence-electron chi connectivity index (χ4n) is 2.33. The summed E-state index contributed by atoms with van der Waals surface area (Å²) in [7, 11) is -2.16. The van der Waals surface area contributed by atoms with Gasteiger partial charge in [-0.3, -0.25) is 9.48 Å². The van der Waals surface area contributed by atoms with Gasteiger partial charge in [0.15, 0.2) is 5.03 Å². The van der Waals surface area contributed by atoms with Gasteiger partial charge in [-0.2, -0.15) is 9.40 Å². The molecule has 0 spiro atoms. The van der Waals surface area contributed by atoms with Crippen LogP contribution in [0.25, 0.3) is 0 Å². The molecule has 0 unspecified atom stereocenters. The van der Waals surface area contributed by atoms with Crippen LogP contribution in [0.5, 0.6) is 0 Å². The van der Waals surface area contributed by atoms with Gasteiger partial charge in [-0.15, -0.1) is 0 Å². The number of hydrogen-bond donors (Lipinski definition) is 1. The Balaban J connectivity index is 2.26. The van der Waals surface area contributed by atoms with E-state index in [0.717, 1.165) is 0 Å². The summed E-state index contributed by atoms with van der Waals surface area (Å²) in [5.74, 6) is -1.02. The standard InChI is InChI=1S/C12H19N3O5S/c1-14-6-2-11(13-14)21(18,19)15(7-3-12(16)17)10-4-8-20-9-5-10/h2,6,10H,3-5,7-9H2,1H3,(H,16,17). The Hall–Kier alpha value is -1.45. The normalized spacial score (nSPS) is 17.2. The van der Waals surface area contributed by atoms with E-state index in [1.54, 1.807) is 13.2 Å². The van der Waals surface area contributed by atoms with Crippen molar-refractivity contribution in [2.75, 3.05) is 19.8 Å². The molecule has 0 atom stereocenters. The number of carboxylic acids is 1. The summed E-state index contributed by atoms with van der Waals surface area (Å²) in [6.07, 6.45) is 2.44. The molecular weight excluding hydrogens is 298 g/mol. The van der Waals surface area contributed by atoms with E-state index in [1.807, 2.05) is 0 Å². The van der Waals surface area contributed by atoms with Gasteiger partial charge in [0.05, 0.1) is 6.42 Å². The number of sulfonamides is 1. The summed E-state index contributed by atoms with van der Waals surface area (Å²) in [6, 6.07) is 1.17. The van der Waals surface area contributed by atoms with Crippen LogP contribution in [0, 0.1) is 0 Å². The molecule has 1 aliphatic rings. The molecular formula is C12H19N3O5S. The lowest BCUT2D eigenvalue weighted by Crippen LogP contribution is -2.44. The second kappa shape index (κ2) is 6.54. The number of aromatic nitrogens is 2. The van der Waals surface area contributed by atoms with Crippen LogP contribution in [0.2, 0.25) is 0 Å². The van der Waals surface area contributed by atoms with Crippen LogP contribution in [-0.2, 0) is 26.6 Å². The van der Waals surface area contributed by atoms with E-state index in [0.29, 0.717) is 26.1 Å². The third-order valence-electron chi connectivity index (χ3n) is 3.41. The Labute approximate surface area is 123 Å². The molecule has 0 aromatic carbocycles. The molecule has 2 heterocycles. The molecule has 0 amide bonds. The van der Waals surface area contributed by atoms with E-state index in [4.69, 9.17) is 9.84 Å². The van der Waals surface area contributed by atoms with E-state index in [1.165, 1.54) is 15.1 Å². The van der Waals surface area contributed by atoms with Crippen LogP contribution < -0.4 is 0 Å². The first-order valence-electron chi connectivity index (χ1n) is 6.72. The molecule has 0 saturated carbocycles. The molecule has 118 valence electrons. The highest BCUT2D eigenvalue weighted by Crippen LogP contribution is 2.22. The second-order valence-electron chi connectivity index (χ2n) is 4.93. The molecule has 9 heteroatoms. The van der Waals surface area contributed by atoms with E-state index in [2.05, 4.69) is 5.10 Å². The summed E-state index contributed by atoms with van der Waals surface area (Å²) in [5.41, 5.74) is 0. The largest absolute Gasteiger partial charge is 0.481 e. The number of ether oxygens (including phenoxy) is 1. The van der Waals surface area contributed by atoms with Crippen LogP contribution in [0.3, 0.4) is 0 Å². The van der Waals surface area contributed by atoms with Crippen LogP contribution in [0.1, 0.15) is 19.3 Å². The number of aliphatic carboxylic acids is 1. The fraction of sp³-hybridized carbons (Fsp3) is 0.667. The highest BCUT2D eigenvalue weighted by Gasteiger charge is 2.34. The number of hydrogen-bond acceptors (Lipinski definition) is 5. The minimum atomic E-state index is -3.79. The predicted molar refractivity (Wildman–Crippen MR) is 73.2 cm³/mol. The van der Waals surface area contributed by atoms with Crippen molar-refractivity contribution in [2.45, 2.75) is 30.3 Å². The van der Waals surface area contributed by atoms with Gasteiger partial charge in [-0.1, -0.05) is 0 Å². The number of carboxylic acid groups (broad SMARTS) is 1. The zero-order chi connectivity index (χ0) is 15.5. The summed E-state index contributed by atoms with van der Waals surface area (Å²) < 4.78 is 33.3.